The number of ether oxygens (including phenoxy) is 1. The highest BCUT2D eigenvalue weighted by molar-refractivity contribution is 7.89. The topological polar surface area (TPSA) is 75.7 Å². The Balaban J connectivity index is 1.94. The number of sulfonamides is 1. The number of morpholine rings is 1. The number of carbonyl (C=O) groups is 1. The van der Waals surface area contributed by atoms with Gasteiger partial charge in [0.2, 0.25) is 10.0 Å². The van der Waals surface area contributed by atoms with Crippen molar-refractivity contribution in [1.29, 1.82) is 0 Å². The molecule has 0 radical (unpaired) electrons. The van der Waals surface area contributed by atoms with Crippen LogP contribution in [0.3, 0.4) is 0 Å². The molecule has 1 saturated heterocycles. The van der Waals surface area contributed by atoms with Crippen LogP contribution in [0.5, 0.6) is 0 Å². The Hall–Kier alpha value is -1.78. The molecule has 0 spiro atoms. The van der Waals surface area contributed by atoms with E-state index in [9.17, 15) is 22.0 Å². The maximum atomic E-state index is 13.3. The minimum Gasteiger partial charge on any atom is -0.379 e. The van der Waals surface area contributed by atoms with Crippen LogP contribution in [0.1, 0.15) is 10.4 Å². The van der Waals surface area contributed by atoms with Crippen molar-refractivity contribution in [2.75, 3.05) is 31.6 Å². The molecule has 2 aromatic carbocycles. The van der Waals surface area contributed by atoms with Crippen molar-refractivity contribution in [3.8, 4) is 0 Å². The van der Waals surface area contributed by atoms with Gasteiger partial charge in [0.05, 0.1) is 28.8 Å². The summed E-state index contributed by atoms with van der Waals surface area (Å²) in [6, 6.07) is 5.01. The Morgan fingerprint density at radius 3 is 2.36 bits per heavy atom. The molecular weight excluding hydrogens is 437 g/mol. The number of nitrogens with zero attached hydrogens (tertiary/aromatic N) is 1. The van der Waals surface area contributed by atoms with Crippen molar-refractivity contribution in [1.82, 2.24) is 4.31 Å². The predicted octanol–water partition coefficient (Wildman–Crippen LogP) is 3.54. The molecule has 11 heteroatoms. The fourth-order valence-corrected chi connectivity index (χ4v) is 4.84. The zero-order valence-electron chi connectivity index (χ0n) is 14.2. The number of hydrogen-bond acceptors (Lipinski definition) is 4. The lowest BCUT2D eigenvalue weighted by atomic mass is 10.2. The normalized spacial score (nSPS) is 15.4. The molecule has 0 bridgehead atoms. The van der Waals surface area contributed by atoms with E-state index >= 15 is 0 Å². The van der Waals surface area contributed by atoms with E-state index in [1.54, 1.807) is 0 Å². The second-order valence-corrected chi connectivity index (χ2v) is 8.58. The van der Waals surface area contributed by atoms with Crippen LogP contribution in [0, 0.1) is 11.6 Å². The summed E-state index contributed by atoms with van der Waals surface area (Å²) in [5.74, 6) is -3.01. The molecule has 1 aliphatic heterocycles. The largest absolute Gasteiger partial charge is 0.379 e. The Labute approximate surface area is 170 Å². The highest BCUT2D eigenvalue weighted by Gasteiger charge is 2.30. The fourth-order valence-electron chi connectivity index (χ4n) is 2.60. The summed E-state index contributed by atoms with van der Waals surface area (Å²) in [5.41, 5.74) is -0.199. The first-order chi connectivity index (χ1) is 13.2. The van der Waals surface area contributed by atoms with Gasteiger partial charge in [-0.25, -0.2) is 17.2 Å². The van der Waals surface area contributed by atoms with Gasteiger partial charge in [0.25, 0.3) is 5.91 Å². The first kappa shape index (κ1) is 20.9. The summed E-state index contributed by atoms with van der Waals surface area (Å²) < 4.78 is 58.4. The molecule has 1 heterocycles. The number of benzene rings is 2. The minimum absolute atomic E-state index is 0.0208. The molecule has 0 saturated carbocycles. The molecule has 0 unspecified atom stereocenters. The van der Waals surface area contributed by atoms with Gasteiger partial charge in [-0.3, -0.25) is 4.79 Å². The lowest BCUT2D eigenvalue weighted by Crippen LogP contribution is -2.40. The molecule has 28 heavy (non-hydrogen) atoms. The first-order valence-corrected chi connectivity index (χ1v) is 10.2. The average molecular weight is 451 g/mol. The summed E-state index contributed by atoms with van der Waals surface area (Å²) in [6.07, 6.45) is 0. The quantitative estimate of drug-likeness (QED) is 0.772. The van der Waals surface area contributed by atoms with Gasteiger partial charge in [0, 0.05) is 24.8 Å². The number of amides is 1. The Morgan fingerprint density at radius 2 is 1.71 bits per heavy atom. The van der Waals surface area contributed by atoms with Crippen molar-refractivity contribution in [2.24, 2.45) is 0 Å². The maximum absolute atomic E-state index is 13.3. The highest BCUT2D eigenvalue weighted by Crippen LogP contribution is 2.31. The third-order valence-corrected chi connectivity index (χ3v) is 6.71. The molecule has 1 N–H and O–H groups in total. The van der Waals surface area contributed by atoms with Crippen LogP contribution in [-0.4, -0.2) is 44.9 Å². The van der Waals surface area contributed by atoms with E-state index in [0.717, 1.165) is 30.3 Å². The van der Waals surface area contributed by atoms with Gasteiger partial charge in [-0.15, -0.1) is 0 Å². The number of carbonyl (C=O) groups excluding carboxylic acids is 1. The fraction of sp³-hybridized carbons (Fsp3) is 0.235. The molecule has 0 atom stereocenters. The van der Waals surface area contributed by atoms with Crippen LogP contribution in [0.15, 0.2) is 35.2 Å². The number of nitrogens with one attached hydrogen (secondary N) is 1. The molecule has 2 aromatic rings. The van der Waals surface area contributed by atoms with E-state index in [4.69, 9.17) is 27.9 Å². The SMILES string of the molecule is O=C(Nc1ccc(F)c(F)c1)c1cc(S(=O)(=O)N2CCOCC2)c(Cl)cc1Cl. The van der Waals surface area contributed by atoms with E-state index in [1.807, 2.05) is 0 Å². The molecule has 1 fully saturated rings. The number of anilines is 1. The van der Waals surface area contributed by atoms with Crippen molar-refractivity contribution in [2.45, 2.75) is 4.90 Å². The van der Waals surface area contributed by atoms with Crippen LogP contribution in [0.25, 0.3) is 0 Å². The van der Waals surface area contributed by atoms with Gasteiger partial charge in [0.15, 0.2) is 11.6 Å². The van der Waals surface area contributed by atoms with Gasteiger partial charge in [-0.05, 0) is 24.3 Å². The van der Waals surface area contributed by atoms with Crippen LogP contribution < -0.4 is 5.32 Å². The van der Waals surface area contributed by atoms with Crippen molar-refractivity contribution in [3.05, 3.63) is 57.6 Å². The van der Waals surface area contributed by atoms with Gasteiger partial charge in [-0.1, -0.05) is 23.2 Å². The van der Waals surface area contributed by atoms with E-state index in [-0.39, 0.29) is 52.5 Å². The van der Waals surface area contributed by atoms with Gasteiger partial charge in [-0.2, -0.15) is 4.31 Å². The molecule has 1 amide bonds. The zero-order chi connectivity index (χ0) is 20.5. The standard InChI is InChI=1S/C17H14Cl2F2N2O4S/c18-12-9-13(19)16(28(25,26)23-3-5-27-6-4-23)8-11(12)17(24)22-10-1-2-14(20)15(21)7-10/h1-2,7-9H,3-6H2,(H,22,24). The predicted molar refractivity (Wildman–Crippen MR) is 100 cm³/mol. The van der Waals surface area contributed by atoms with Crippen molar-refractivity contribution >= 4 is 44.8 Å². The maximum Gasteiger partial charge on any atom is 0.257 e. The molecule has 150 valence electrons. The Bertz CT molecular complexity index is 1030. The van der Waals surface area contributed by atoms with Crippen LogP contribution in [-0.2, 0) is 14.8 Å². The summed E-state index contributed by atoms with van der Waals surface area (Å²) in [6.45, 7) is 0.789. The second kappa shape index (κ2) is 8.30. The lowest BCUT2D eigenvalue weighted by molar-refractivity contribution is 0.0730. The van der Waals surface area contributed by atoms with Gasteiger partial charge < -0.3 is 10.1 Å². The number of hydrogen-bond donors (Lipinski definition) is 1. The molecule has 1 aliphatic rings. The zero-order valence-corrected chi connectivity index (χ0v) is 16.5. The third-order valence-electron chi connectivity index (χ3n) is 4.03. The van der Waals surface area contributed by atoms with E-state index < -0.39 is 27.6 Å². The van der Waals surface area contributed by atoms with Crippen molar-refractivity contribution < 1.29 is 26.7 Å². The van der Waals surface area contributed by atoms with Crippen LogP contribution >= 0.6 is 23.2 Å². The van der Waals surface area contributed by atoms with Gasteiger partial charge in [0.1, 0.15) is 4.90 Å². The smallest absolute Gasteiger partial charge is 0.257 e. The lowest BCUT2D eigenvalue weighted by Gasteiger charge is -2.26. The molecule has 6 nitrogen and oxygen atoms in total. The van der Waals surface area contributed by atoms with Crippen LogP contribution in [0.4, 0.5) is 14.5 Å². The number of halogens is 4. The summed E-state index contributed by atoms with van der Waals surface area (Å²) in [5, 5.41) is 2.11. The molecule has 3 rings (SSSR count). The third kappa shape index (κ3) is 4.28. The number of rotatable bonds is 4. The molecule has 0 aliphatic carbocycles. The summed E-state index contributed by atoms with van der Waals surface area (Å²) >= 11 is 12.1. The Morgan fingerprint density at radius 1 is 1.04 bits per heavy atom. The molecular formula is C17H14Cl2F2N2O4S. The Kier molecular flexibility index (Phi) is 6.21. The van der Waals surface area contributed by atoms with Crippen molar-refractivity contribution in [3.63, 3.8) is 0 Å². The van der Waals surface area contributed by atoms with Crippen LogP contribution in [0.2, 0.25) is 10.0 Å². The summed E-state index contributed by atoms with van der Waals surface area (Å²) in [4.78, 5) is 12.2. The highest BCUT2D eigenvalue weighted by atomic mass is 35.5. The monoisotopic (exact) mass is 450 g/mol. The van der Waals surface area contributed by atoms with E-state index in [0.29, 0.717) is 0 Å². The van der Waals surface area contributed by atoms with E-state index in [1.165, 1.54) is 4.31 Å². The average Bonchev–Trinajstić information content (AvgIpc) is 2.65. The first-order valence-electron chi connectivity index (χ1n) is 8.03. The second-order valence-electron chi connectivity index (χ2n) is 5.86. The van der Waals surface area contributed by atoms with E-state index in [2.05, 4.69) is 5.32 Å². The minimum atomic E-state index is -3.98. The van der Waals surface area contributed by atoms with Gasteiger partial charge >= 0.3 is 0 Å². The summed E-state index contributed by atoms with van der Waals surface area (Å²) in [7, 11) is -3.98. The molecule has 0 aromatic heterocycles.